The van der Waals surface area contributed by atoms with Crippen molar-refractivity contribution in [3.05, 3.63) is 61.3 Å². The molecule has 202 valence electrons. The molecule has 38 heavy (non-hydrogen) atoms. The monoisotopic (exact) mass is 656 g/mol. The number of hydrazone groups is 1. The molecule has 3 N–H and O–H groups in total. The van der Waals surface area contributed by atoms with E-state index < -0.39 is 23.9 Å². The Balaban J connectivity index is 1.70. The van der Waals surface area contributed by atoms with Crippen molar-refractivity contribution in [2.45, 2.75) is 19.9 Å². The van der Waals surface area contributed by atoms with Gasteiger partial charge in [0.05, 0.1) is 42.2 Å². The van der Waals surface area contributed by atoms with E-state index >= 15 is 0 Å². The number of urea groups is 1. The SMILES string of the molecule is CCOC(=O)C1=C(C)NC(=O)N[C@@H]1c1ccc(OCC(=O)N/N=C/c2cc(Cl)cc(I)c2OC)c(OC)c1. The molecule has 3 rings (SSSR count). The number of nitrogens with zero attached hydrogens (tertiary/aromatic N) is 1. The Morgan fingerprint density at radius 2 is 1.95 bits per heavy atom. The molecule has 0 unspecified atom stereocenters. The van der Waals surface area contributed by atoms with Gasteiger partial charge >= 0.3 is 12.0 Å². The highest BCUT2D eigenvalue weighted by molar-refractivity contribution is 14.1. The predicted octanol–water partition coefficient (Wildman–Crippen LogP) is 3.68. The summed E-state index contributed by atoms with van der Waals surface area (Å²) in [6, 6.07) is 7.03. The molecule has 1 atom stereocenters. The summed E-state index contributed by atoms with van der Waals surface area (Å²) in [7, 11) is 2.96. The molecule has 0 saturated heterocycles. The standard InChI is InChI=1S/C25H26ClIN4O7/c1-5-37-24(33)21-13(2)29-25(34)30-22(21)14-6-7-18(19(9-14)35-3)38-12-20(32)31-28-11-15-8-16(26)10-17(27)23(15)36-4/h6-11,22H,5,12H2,1-4H3,(H,31,32)(H2,29,30,34)/b28-11+/t22-/m1/s1. The molecule has 0 aliphatic carbocycles. The van der Waals surface area contributed by atoms with Crippen molar-refractivity contribution in [1.82, 2.24) is 16.1 Å². The second kappa shape index (κ2) is 13.3. The largest absolute Gasteiger partial charge is 0.495 e. The molecule has 0 aromatic heterocycles. The van der Waals surface area contributed by atoms with E-state index in [1.807, 2.05) is 0 Å². The van der Waals surface area contributed by atoms with Crippen LogP contribution < -0.4 is 30.3 Å². The Hall–Kier alpha value is -3.52. The molecule has 0 saturated carbocycles. The number of hydrogen-bond acceptors (Lipinski definition) is 8. The number of carbonyl (C=O) groups excluding carboxylic acids is 3. The van der Waals surface area contributed by atoms with E-state index in [1.54, 1.807) is 44.2 Å². The van der Waals surface area contributed by atoms with Crippen molar-refractivity contribution >= 4 is 58.3 Å². The van der Waals surface area contributed by atoms with E-state index in [0.29, 0.717) is 33.3 Å². The van der Waals surface area contributed by atoms with Crippen LogP contribution in [0.4, 0.5) is 4.79 Å². The maximum Gasteiger partial charge on any atom is 0.338 e. The zero-order chi connectivity index (χ0) is 27.8. The fraction of sp³-hybridized carbons (Fsp3) is 0.280. The van der Waals surface area contributed by atoms with E-state index in [-0.39, 0.29) is 24.5 Å². The smallest absolute Gasteiger partial charge is 0.338 e. The molecule has 1 aliphatic rings. The van der Waals surface area contributed by atoms with E-state index in [2.05, 4.69) is 43.8 Å². The summed E-state index contributed by atoms with van der Waals surface area (Å²) in [5.74, 6) is 0.0851. The second-order valence-corrected chi connectivity index (χ2v) is 9.39. The molecule has 0 fully saturated rings. The molecule has 2 aromatic carbocycles. The second-order valence-electron chi connectivity index (χ2n) is 7.79. The summed E-state index contributed by atoms with van der Waals surface area (Å²) in [6.45, 7) is 3.15. The van der Waals surface area contributed by atoms with Crippen LogP contribution in [-0.2, 0) is 14.3 Å². The molecule has 0 radical (unpaired) electrons. The van der Waals surface area contributed by atoms with Crippen LogP contribution in [0.2, 0.25) is 5.02 Å². The van der Waals surface area contributed by atoms with Crippen LogP contribution in [0.25, 0.3) is 0 Å². The zero-order valence-corrected chi connectivity index (χ0v) is 23.9. The van der Waals surface area contributed by atoms with E-state index in [9.17, 15) is 14.4 Å². The number of hydrogen-bond donors (Lipinski definition) is 3. The van der Waals surface area contributed by atoms with Crippen molar-refractivity contribution in [3.8, 4) is 17.2 Å². The van der Waals surface area contributed by atoms with Crippen LogP contribution in [0.15, 0.2) is 46.7 Å². The van der Waals surface area contributed by atoms with Crippen molar-refractivity contribution in [3.63, 3.8) is 0 Å². The van der Waals surface area contributed by atoms with Crippen molar-refractivity contribution in [1.29, 1.82) is 0 Å². The lowest BCUT2D eigenvalue weighted by Gasteiger charge is -2.28. The normalized spacial score (nSPS) is 15.0. The van der Waals surface area contributed by atoms with E-state index in [1.165, 1.54) is 20.4 Å². The summed E-state index contributed by atoms with van der Waals surface area (Å²) in [5, 5.41) is 9.75. The van der Waals surface area contributed by atoms with Gasteiger partial charge in [-0.3, -0.25) is 4.79 Å². The van der Waals surface area contributed by atoms with Gasteiger partial charge in [0, 0.05) is 16.3 Å². The third kappa shape index (κ3) is 7.07. The summed E-state index contributed by atoms with van der Waals surface area (Å²) in [4.78, 5) is 36.9. The molecular weight excluding hydrogens is 631 g/mol. The first-order valence-corrected chi connectivity index (χ1v) is 12.7. The molecule has 3 amide bonds. The summed E-state index contributed by atoms with van der Waals surface area (Å²) >= 11 is 8.18. The maximum atomic E-state index is 12.5. The molecule has 0 spiro atoms. The van der Waals surface area contributed by atoms with Crippen LogP contribution in [-0.4, -0.2) is 51.6 Å². The third-order valence-corrected chi connectivity index (χ3v) is 6.30. The number of amides is 3. The van der Waals surface area contributed by atoms with Gasteiger partial charge in [0.1, 0.15) is 5.75 Å². The maximum absolute atomic E-state index is 12.5. The van der Waals surface area contributed by atoms with Gasteiger partial charge in [-0.1, -0.05) is 17.7 Å². The number of methoxy groups -OCH3 is 2. The average Bonchev–Trinajstić information content (AvgIpc) is 2.86. The fourth-order valence-corrected chi connectivity index (χ4v) is 4.92. The highest BCUT2D eigenvalue weighted by Crippen LogP contribution is 2.34. The topological polar surface area (TPSA) is 137 Å². The third-order valence-electron chi connectivity index (χ3n) is 5.28. The number of halogens is 2. The summed E-state index contributed by atoms with van der Waals surface area (Å²) in [5.41, 5.74) is 4.20. The lowest BCUT2D eigenvalue weighted by atomic mass is 9.95. The minimum atomic E-state index is -0.769. The molecular formula is C25H26ClIN4O7. The van der Waals surface area contributed by atoms with Gasteiger partial charge in [-0.2, -0.15) is 5.10 Å². The quantitative estimate of drug-likeness (QED) is 0.154. The first-order valence-electron chi connectivity index (χ1n) is 11.3. The summed E-state index contributed by atoms with van der Waals surface area (Å²) < 4.78 is 22.3. The highest BCUT2D eigenvalue weighted by Gasteiger charge is 2.32. The Labute approximate surface area is 238 Å². The van der Waals surface area contributed by atoms with Crippen LogP contribution in [0.3, 0.4) is 0 Å². The van der Waals surface area contributed by atoms with Gasteiger partial charge in [0.25, 0.3) is 5.91 Å². The number of benzene rings is 2. The minimum Gasteiger partial charge on any atom is -0.495 e. The first-order chi connectivity index (χ1) is 18.2. The van der Waals surface area contributed by atoms with Crippen molar-refractivity contribution in [2.24, 2.45) is 5.10 Å². The number of nitrogens with one attached hydrogen (secondary N) is 3. The Morgan fingerprint density at radius 3 is 2.63 bits per heavy atom. The van der Waals surface area contributed by atoms with Gasteiger partial charge in [-0.25, -0.2) is 15.0 Å². The first kappa shape index (κ1) is 29.0. The average molecular weight is 657 g/mol. The van der Waals surface area contributed by atoms with Gasteiger partial charge in [0.2, 0.25) is 0 Å². The molecule has 1 heterocycles. The molecule has 13 heteroatoms. The number of allylic oxidation sites excluding steroid dienone is 1. The Bertz CT molecular complexity index is 1300. The molecule has 11 nitrogen and oxygen atoms in total. The molecule has 0 bridgehead atoms. The lowest BCUT2D eigenvalue weighted by molar-refractivity contribution is -0.139. The highest BCUT2D eigenvalue weighted by atomic mass is 127. The molecule has 2 aromatic rings. The molecule has 1 aliphatic heterocycles. The predicted molar refractivity (Wildman–Crippen MR) is 149 cm³/mol. The zero-order valence-electron chi connectivity index (χ0n) is 21.0. The Morgan fingerprint density at radius 1 is 1.18 bits per heavy atom. The van der Waals surface area contributed by atoms with Crippen LogP contribution in [0.5, 0.6) is 17.2 Å². The van der Waals surface area contributed by atoms with Crippen molar-refractivity contribution < 1.29 is 33.3 Å². The van der Waals surface area contributed by atoms with E-state index in [0.717, 1.165) is 3.57 Å². The van der Waals surface area contributed by atoms with Gasteiger partial charge < -0.3 is 29.6 Å². The van der Waals surface area contributed by atoms with E-state index in [4.69, 9.17) is 30.5 Å². The number of carbonyl (C=O) groups is 3. The van der Waals surface area contributed by atoms with Crippen molar-refractivity contribution in [2.75, 3.05) is 27.4 Å². The van der Waals surface area contributed by atoms with Gasteiger partial charge in [-0.05, 0) is 66.3 Å². The number of ether oxygens (including phenoxy) is 4. The lowest BCUT2D eigenvalue weighted by Crippen LogP contribution is -2.45. The number of rotatable bonds is 10. The van der Waals surface area contributed by atoms with Gasteiger partial charge in [-0.15, -0.1) is 0 Å². The summed E-state index contributed by atoms with van der Waals surface area (Å²) in [6.07, 6.45) is 1.42. The fourth-order valence-electron chi connectivity index (χ4n) is 3.65. The van der Waals surface area contributed by atoms with Crippen LogP contribution in [0.1, 0.15) is 31.0 Å². The number of esters is 1. The Kier molecular flexibility index (Phi) is 10.2. The van der Waals surface area contributed by atoms with Crippen LogP contribution in [0, 0.1) is 3.57 Å². The minimum absolute atomic E-state index is 0.185. The van der Waals surface area contributed by atoms with Crippen LogP contribution >= 0.6 is 34.2 Å². The van der Waals surface area contributed by atoms with Gasteiger partial charge in [0.15, 0.2) is 18.1 Å².